The summed E-state index contributed by atoms with van der Waals surface area (Å²) in [5.74, 6) is 0. The van der Waals surface area contributed by atoms with E-state index in [2.05, 4.69) is 18.2 Å². The fraction of sp³-hybridized carbons (Fsp3) is 0.231. The van der Waals surface area contributed by atoms with Crippen LogP contribution in [-0.4, -0.2) is 14.2 Å². The van der Waals surface area contributed by atoms with Crippen LogP contribution in [0.1, 0.15) is 11.9 Å². The lowest BCUT2D eigenvalue weighted by atomic mass is 10.0. The van der Waals surface area contributed by atoms with Crippen LogP contribution in [0.5, 0.6) is 0 Å². The first-order valence-electron chi connectivity index (χ1n) is 4.90. The van der Waals surface area contributed by atoms with Gasteiger partial charge in [-0.3, -0.25) is 0 Å². The molecule has 2 aromatic carbocycles. The summed E-state index contributed by atoms with van der Waals surface area (Å²) in [5.41, 5.74) is 1.07. The van der Waals surface area contributed by atoms with Crippen LogP contribution in [0.4, 0.5) is 0 Å². The summed E-state index contributed by atoms with van der Waals surface area (Å²) in [6.45, 7) is 0. The van der Waals surface area contributed by atoms with Crippen LogP contribution >= 0.6 is 0 Å². The van der Waals surface area contributed by atoms with E-state index in [0.717, 1.165) is 5.56 Å². The predicted octanol–water partition coefficient (Wildman–Crippen LogP) is 3.13. The Kier molecular flexibility index (Phi) is 2.99. The molecule has 0 spiro atoms. The monoisotopic (exact) mass is 202 g/mol. The molecule has 0 aromatic heterocycles. The third kappa shape index (κ3) is 1.87. The number of rotatable bonds is 3. The van der Waals surface area contributed by atoms with E-state index in [9.17, 15) is 0 Å². The van der Waals surface area contributed by atoms with E-state index in [-0.39, 0.29) is 6.29 Å². The molecule has 0 saturated heterocycles. The average Bonchev–Trinajstić information content (AvgIpc) is 2.31. The smallest absolute Gasteiger partial charge is 0.183 e. The van der Waals surface area contributed by atoms with Gasteiger partial charge in [-0.1, -0.05) is 42.5 Å². The zero-order chi connectivity index (χ0) is 10.7. The third-order valence-electron chi connectivity index (χ3n) is 2.51. The van der Waals surface area contributed by atoms with E-state index in [1.165, 1.54) is 10.8 Å². The second-order valence-corrected chi connectivity index (χ2v) is 3.37. The molecule has 0 atom stereocenters. The largest absolute Gasteiger partial charge is 0.352 e. The Bertz CT molecular complexity index is 442. The molecule has 0 radical (unpaired) electrons. The molecular formula is C13H14O2. The summed E-state index contributed by atoms with van der Waals surface area (Å²) in [6.07, 6.45) is -0.295. The van der Waals surface area contributed by atoms with E-state index in [4.69, 9.17) is 9.47 Å². The summed E-state index contributed by atoms with van der Waals surface area (Å²) in [7, 11) is 3.30. The Morgan fingerprint density at radius 1 is 0.867 bits per heavy atom. The van der Waals surface area contributed by atoms with Crippen LogP contribution < -0.4 is 0 Å². The van der Waals surface area contributed by atoms with Crippen LogP contribution in [0, 0.1) is 0 Å². The Labute approximate surface area is 89.4 Å². The molecule has 0 heterocycles. The molecule has 2 nitrogen and oxygen atoms in total. The van der Waals surface area contributed by atoms with Crippen molar-refractivity contribution in [2.24, 2.45) is 0 Å². The van der Waals surface area contributed by atoms with Crippen LogP contribution in [0.15, 0.2) is 42.5 Å². The molecule has 0 fully saturated rings. The first-order chi connectivity index (χ1) is 7.36. The van der Waals surface area contributed by atoms with Gasteiger partial charge in [-0.2, -0.15) is 0 Å². The number of methoxy groups -OCH3 is 2. The molecule has 0 bridgehead atoms. The summed E-state index contributed by atoms with van der Waals surface area (Å²) in [5, 5.41) is 2.38. The molecule has 0 amide bonds. The first-order valence-corrected chi connectivity index (χ1v) is 4.90. The zero-order valence-electron chi connectivity index (χ0n) is 8.94. The van der Waals surface area contributed by atoms with E-state index in [0.29, 0.717) is 0 Å². The van der Waals surface area contributed by atoms with Gasteiger partial charge < -0.3 is 9.47 Å². The van der Waals surface area contributed by atoms with Crippen LogP contribution in [0.25, 0.3) is 10.8 Å². The minimum absolute atomic E-state index is 0.295. The normalized spacial score (nSPS) is 11.1. The second kappa shape index (κ2) is 4.43. The van der Waals surface area contributed by atoms with E-state index in [1.807, 2.05) is 24.3 Å². The lowest BCUT2D eigenvalue weighted by molar-refractivity contribution is -0.105. The quantitative estimate of drug-likeness (QED) is 0.712. The van der Waals surface area contributed by atoms with Crippen molar-refractivity contribution >= 4 is 10.8 Å². The number of fused-ring (bicyclic) bond motifs is 1. The molecule has 2 aromatic rings. The van der Waals surface area contributed by atoms with Gasteiger partial charge in [-0.25, -0.2) is 0 Å². The molecule has 0 unspecified atom stereocenters. The van der Waals surface area contributed by atoms with Crippen molar-refractivity contribution in [2.75, 3.05) is 14.2 Å². The van der Waals surface area contributed by atoms with Gasteiger partial charge >= 0.3 is 0 Å². The van der Waals surface area contributed by atoms with Crippen molar-refractivity contribution in [1.82, 2.24) is 0 Å². The maximum Gasteiger partial charge on any atom is 0.183 e. The first kappa shape index (κ1) is 10.1. The molecule has 0 aliphatic carbocycles. The second-order valence-electron chi connectivity index (χ2n) is 3.37. The SMILES string of the molecule is COC(OC)c1cccc2ccccc12. The van der Waals surface area contributed by atoms with Crippen molar-refractivity contribution in [3.63, 3.8) is 0 Å². The maximum absolute atomic E-state index is 5.27. The highest BCUT2D eigenvalue weighted by Crippen LogP contribution is 2.26. The average molecular weight is 202 g/mol. The highest BCUT2D eigenvalue weighted by molar-refractivity contribution is 5.85. The zero-order valence-corrected chi connectivity index (χ0v) is 8.94. The van der Waals surface area contributed by atoms with Gasteiger partial charge in [0.2, 0.25) is 0 Å². The number of benzene rings is 2. The van der Waals surface area contributed by atoms with Crippen molar-refractivity contribution in [3.8, 4) is 0 Å². The molecule has 0 aliphatic rings. The van der Waals surface area contributed by atoms with Gasteiger partial charge in [-0.05, 0) is 10.8 Å². The summed E-state index contributed by atoms with van der Waals surface area (Å²) < 4.78 is 10.5. The van der Waals surface area contributed by atoms with Gasteiger partial charge in [0.15, 0.2) is 6.29 Å². The van der Waals surface area contributed by atoms with Gasteiger partial charge in [0.25, 0.3) is 0 Å². The van der Waals surface area contributed by atoms with Crippen molar-refractivity contribution in [1.29, 1.82) is 0 Å². The predicted molar refractivity (Wildman–Crippen MR) is 60.7 cm³/mol. The topological polar surface area (TPSA) is 18.5 Å². The molecule has 0 aliphatic heterocycles. The molecule has 2 rings (SSSR count). The molecule has 78 valence electrons. The minimum Gasteiger partial charge on any atom is -0.352 e. The Morgan fingerprint density at radius 3 is 2.27 bits per heavy atom. The van der Waals surface area contributed by atoms with Gasteiger partial charge in [0.05, 0.1) is 0 Å². The molecule has 0 N–H and O–H groups in total. The minimum atomic E-state index is -0.295. The van der Waals surface area contributed by atoms with E-state index < -0.39 is 0 Å². The maximum atomic E-state index is 5.27. The summed E-state index contributed by atoms with van der Waals surface area (Å²) >= 11 is 0. The fourth-order valence-electron chi connectivity index (χ4n) is 1.81. The lowest BCUT2D eigenvalue weighted by Crippen LogP contribution is -2.03. The van der Waals surface area contributed by atoms with Crippen molar-refractivity contribution in [3.05, 3.63) is 48.0 Å². The lowest BCUT2D eigenvalue weighted by Gasteiger charge is -2.15. The number of hydrogen-bond acceptors (Lipinski definition) is 2. The van der Waals surface area contributed by atoms with Crippen molar-refractivity contribution < 1.29 is 9.47 Å². The van der Waals surface area contributed by atoms with Crippen LogP contribution in [0.3, 0.4) is 0 Å². The Hall–Kier alpha value is -1.38. The van der Waals surface area contributed by atoms with Crippen LogP contribution in [-0.2, 0) is 9.47 Å². The van der Waals surface area contributed by atoms with Gasteiger partial charge in [0, 0.05) is 19.8 Å². The highest BCUT2D eigenvalue weighted by Gasteiger charge is 2.11. The molecule has 15 heavy (non-hydrogen) atoms. The summed E-state index contributed by atoms with van der Waals surface area (Å²) in [6, 6.07) is 14.3. The van der Waals surface area contributed by atoms with E-state index >= 15 is 0 Å². The standard InChI is InChI=1S/C13H14O2/c1-14-13(15-2)12-9-5-7-10-6-3-4-8-11(10)12/h3-9,13H,1-2H3. The number of ether oxygens (including phenoxy) is 2. The number of hydrogen-bond donors (Lipinski definition) is 0. The molecular weight excluding hydrogens is 188 g/mol. The van der Waals surface area contributed by atoms with Crippen molar-refractivity contribution in [2.45, 2.75) is 6.29 Å². The Balaban J connectivity index is 2.59. The van der Waals surface area contributed by atoms with Crippen LogP contribution in [0.2, 0.25) is 0 Å². The molecule has 0 saturated carbocycles. The fourth-order valence-corrected chi connectivity index (χ4v) is 1.81. The van der Waals surface area contributed by atoms with E-state index in [1.54, 1.807) is 14.2 Å². The van der Waals surface area contributed by atoms with Gasteiger partial charge in [0.1, 0.15) is 0 Å². The Morgan fingerprint density at radius 2 is 1.53 bits per heavy atom. The summed E-state index contributed by atoms with van der Waals surface area (Å²) in [4.78, 5) is 0. The van der Waals surface area contributed by atoms with Gasteiger partial charge in [-0.15, -0.1) is 0 Å². The molecule has 2 heteroatoms. The highest BCUT2D eigenvalue weighted by atomic mass is 16.7. The third-order valence-corrected chi connectivity index (χ3v) is 2.51.